The van der Waals surface area contributed by atoms with Crippen molar-refractivity contribution in [3.8, 4) is 10.6 Å². The van der Waals surface area contributed by atoms with Gasteiger partial charge in [-0.25, -0.2) is 4.39 Å². The summed E-state index contributed by atoms with van der Waals surface area (Å²) in [5, 5.41) is 12.8. The fraction of sp³-hybridized carbons (Fsp3) is 0.227. The van der Waals surface area contributed by atoms with Crippen molar-refractivity contribution in [2.45, 2.75) is 26.2 Å². The van der Waals surface area contributed by atoms with Crippen molar-refractivity contribution in [1.82, 2.24) is 15.2 Å². The number of fused-ring (bicyclic) bond motifs is 1. The maximum absolute atomic E-state index is 13.9. The lowest BCUT2D eigenvalue weighted by molar-refractivity contribution is -0.116. The molecule has 0 radical (unpaired) electrons. The molecule has 0 saturated heterocycles. The van der Waals surface area contributed by atoms with Crippen molar-refractivity contribution in [3.05, 3.63) is 66.1 Å². The van der Waals surface area contributed by atoms with Gasteiger partial charge in [-0.3, -0.25) is 4.79 Å². The van der Waals surface area contributed by atoms with E-state index < -0.39 is 0 Å². The molecule has 1 amide bonds. The first-order chi connectivity index (χ1) is 14.0. The van der Waals surface area contributed by atoms with Crippen LogP contribution in [0, 0.1) is 11.7 Å². The number of carbonyl (C=O) groups is 1. The van der Waals surface area contributed by atoms with E-state index in [1.165, 1.54) is 6.07 Å². The Morgan fingerprint density at radius 1 is 1.14 bits per heavy atom. The molecule has 0 saturated carbocycles. The van der Waals surface area contributed by atoms with Crippen molar-refractivity contribution >= 4 is 33.3 Å². The fourth-order valence-corrected chi connectivity index (χ4v) is 4.28. The lowest BCUT2D eigenvalue weighted by Gasteiger charge is -2.20. The highest BCUT2D eigenvalue weighted by molar-refractivity contribution is 7.18. The van der Waals surface area contributed by atoms with E-state index in [1.807, 2.05) is 24.4 Å². The minimum Gasteiger partial charge on any atom is -0.361 e. The number of benzene rings is 2. The summed E-state index contributed by atoms with van der Waals surface area (Å²) < 4.78 is 13.9. The molecule has 2 N–H and O–H groups in total. The number of aromatic nitrogens is 3. The first kappa shape index (κ1) is 19.3. The predicted octanol–water partition coefficient (Wildman–Crippen LogP) is 5.59. The van der Waals surface area contributed by atoms with Gasteiger partial charge in [0, 0.05) is 29.1 Å². The van der Waals surface area contributed by atoms with Crippen molar-refractivity contribution in [2.24, 2.45) is 5.92 Å². The van der Waals surface area contributed by atoms with Crippen LogP contribution in [0.5, 0.6) is 0 Å². The van der Waals surface area contributed by atoms with Gasteiger partial charge in [0.05, 0.1) is 0 Å². The van der Waals surface area contributed by atoms with E-state index in [4.69, 9.17) is 0 Å². The van der Waals surface area contributed by atoms with E-state index >= 15 is 0 Å². The molecule has 1 unspecified atom stereocenters. The van der Waals surface area contributed by atoms with Crippen LogP contribution in [0.3, 0.4) is 0 Å². The van der Waals surface area contributed by atoms with Gasteiger partial charge in [-0.15, -0.1) is 10.2 Å². The van der Waals surface area contributed by atoms with Crippen LogP contribution >= 0.6 is 11.3 Å². The van der Waals surface area contributed by atoms with Crippen molar-refractivity contribution < 1.29 is 9.18 Å². The van der Waals surface area contributed by atoms with Crippen LogP contribution in [-0.2, 0) is 4.79 Å². The lowest BCUT2D eigenvalue weighted by Crippen LogP contribution is -2.18. The van der Waals surface area contributed by atoms with Crippen molar-refractivity contribution in [3.63, 3.8) is 0 Å². The minimum atomic E-state index is -0.360. The summed E-state index contributed by atoms with van der Waals surface area (Å²) in [5.74, 6) is -0.153. The van der Waals surface area contributed by atoms with Crippen LogP contribution in [0.1, 0.15) is 31.7 Å². The zero-order chi connectivity index (χ0) is 20.4. The summed E-state index contributed by atoms with van der Waals surface area (Å²) in [6.07, 6.45) is 2.32. The van der Waals surface area contributed by atoms with E-state index in [2.05, 4.69) is 40.4 Å². The number of nitrogens with zero attached hydrogens (tertiary/aromatic N) is 2. The van der Waals surface area contributed by atoms with Gasteiger partial charge in [0.1, 0.15) is 5.82 Å². The molecule has 148 valence electrons. The number of para-hydroxylation sites is 1. The number of H-pyrrole nitrogens is 1. The SMILES string of the molecule is CC(C)C(CC(=O)Nc1nnc(-c2ccccc2F)s1)c1c[nH]c2ccccc12. The van der Waals surface area contributed by atoms with Crippen LogP contribution in [0.15, 0.2) is 54.7 Å². The molecule has 2 aromatic carbocycles. The normalized spacial score (nSPS) is 12.4. The predicted molar refractivity (Wildman–Crippen MR) is 114 cm³/mol. The summed E-state index contributed by atoms with van der Waals surface area (Å²) >= 11 is 1.16. The average molecular weight is 409 g/mol. The second-order valence-electron chi connectivity index (χ2n) is 7.28. The molecule has 0 aliphatic rings. The Kier molecular flexibility index (Phi) is 5.40. The molecule has 0 aliphatic carbocycles. The van der Waals surface area contributed by atoms with Gasteiger partial charge in [-0.1, -0.05) is 55.5 Å². The smallest absolute Gasteiger partial charge is 0.226 e. The third-order valence-electron chi connectivity index (χ3n) is 5.01. The van der Waals surface area contributed by atoms with Gasteiger partial charge in [-0.05, 0) is 35.6 Å². The summed E-state index contributed by atoms with van der Waals surface area (Å²) in [4.78, 5) is 16.0. The summed E-state index contributed by atoms with van der Waals surface area (Å²) in [6, 6.07) is 14.5. The molecular formula is C22H21FN4OS. The number of halogens is 1. The molecule has 4 rings (SSSR count). The maximum atomic E-state index is 13.9. The number of amides is 1. The highest BCUT2D eigenvalue weighted by Gasteiger charge is 2.23. The molecule has 5 nitrogen and oxygen atoms in total. The topological polar surface area (TPSA) is 70.7 Å². The summed E-state index contributed by atoms with van der Waals surface area (Å²) in [7, 11) is 0. The first-order valence-electron chi connectivity index (χ1n) is 9.47. The van der Waals surface area contributed by atoms with Gasteiger partial charge in [-0.2, -0.15) is 0 Å². The molecule has 1 atom stereocenters. The maximum Gasteiger partial charge on any atom is 0.226 e. The highest BCUT2D eigenvalue weighted by Crippen LogP contribution is 2.34. The average Bonchev–Trinajstić information content (AvgIpc) is 3.33. The van der Waals surface area contributed by atoms with Gasteiger partial charge < -0.3 is 10.3 Å². The Balaban J connectivity index is 1.50. The third kappa shape index (κ3) is 4.05. The molecular weight excluding hydrogens is 387 g/mol. The second kappa shape index (κ2) is 8.13. The standard InChI is InChI=1S/C22H21FN4OS/c1-13(2)16(17-12-24-19-10-6-4-7-14(17)19)11-20(28)25-22-27-26-21(29-22)15-8-3-5-9-18(15)23/h3-10,12-13,16,24H,11H2,1-2H3,(H,25,27,28). The van der Waals surface area contributed by atoms with Crippen LogP contribution in [0.4, 0.5) is 9.52 Å². The third-order valence-corrected chi connectivity index (χ3v) is 5.88. The van der Waals surface area contributed by atoms with E-state index in [0.29, 0.717) is 22.1 Å². The lowest BCUT2D eigenvalue weighted by atomic mass is 9.85. The van der Waals surface area contributed by atoms with Crippen LogP contribution < -0.4 is 5.32 Å². The molecule has 0 aliphatic heterocycles. The van der Waals surface area contributed by atoms with Crippen molar-refractivity contribution in [2.75, 3.05) is 5.32 Å². The number of nitrogens with one attached hydrogen (secondary N) is 2. The molecule has 7 heteroatoms. The zero-order valence-electron chi connectivity index (χ0n) is 16.1. The van der Waals surface area contributed by atoms with Gasteiger partial charge >= 0.3 is 0 Å². The van der Waals surface area contributed by atoms with E-state index in [0.717, 1.165) is 27.8 Å². The quantitative estimate of drug-likeness (QED) is 0.437. The Morgan fingerprint density at radius 3 is 2.69 bits per heavy atom. The largest absolute Gasteiger partial charge is 0.361 e. The van der Waals surface area contributed by atoms with E-state index in [1.54, 1.807) is 18.2 Å². The monoisotopic (exact) mass is 408 g/mol. The molecule has 2 heterocycles. The Morgan fingerprint density at radius 2 is 1.90 bits per heavy atom. The van der Waals surface area contributed by atoms with Gasteiger partial charge in [0.15, 0.2) is 5.01 Å². The molecule has 29 heavy (non-hydrogen) atoms. The fourth-order valence-electron chi connectivity index (χ4n) is 3.49. The molecule has 4 aromatic rings. The second-order valence-corrected chi connectivity index (χ2v) is 8.26. The Labute approximate surface area is 172 Å². The van der Waals surface area contributed by atoms with Crippen LogP contribution in [0.2, 0.25) is 0 Å². The molecule has 0 bridgehead atoms. The number of aromatic amines is 1. The minimum absolute atomic E-state index is 0.0603. The van der Waals surface area contributed by atoms with Crippen LogP contribution in [-0.4, -0.2) is 21.1 Å². The number of rotatable bonds is 6. The highest BCUT2D eigenvalue weighted by atomic mass is 32.1. The first-order valence-corrected chi connectivity index (χ1v) is 10.3. The van der Waals surface area contributed by atoms with Gasteiger partial charge in [0.2, 0.25) is 11.0 Å². The number of hydrogen-bond donors (Lipinski definition) is 2. The Bertz CT molecular complexity index is 1150. The summed E-state index contributed by atoms with van der Waals surface area (Å²) in [5.41, 5.74) is 2.58. The Hall–Kier alpha value is -3.06. The number of anilines is 1. The van der Waals surface area contributed by atoms with Gasteiger partial charge in [0.25, 0.3) is 0 Å². The molecule has 0 fully saturated rings. The summed E-state index contributed by atoms with van der Waals surface area (Å²) in [6.45, 7) is 4.22. The zero-order valence-corrected chi connectivity index (χ0v) is 17.0. The van der Waals surface area contributed by atoms with Crippen molar-refractivity contribution in [1.29, 1.82) is 0 Å². The molecule has 0 spiro atoms. The van der Waals surface area contributed by atoms with E-state index in [9.17, 15) is 9.18 Å². The van der Waals surface area contributed by atoms with Crippen LogP contribution in [0.25, 0.3) is 21.5 Å². The van der Waals surface area contributed by atoms with E-state index in [-0.39, 0.29) is 23.6 Å². The number of hydrogen-bond acceptors (Lipinski definition) is 4. The molecule has 2 aromatic heterocycles. The number of carbonyl (C=O) groups excluding carboxylic acids is 1.